The first-order chi connectivity index (χ1) is 12.3. The number of hydrogen-bond acceptors (Lipinski definition) is 3. The smallest absolute Gasteiger partial charge is 0.148 e. The minimum Gasteiger partial charge on any atom is -0.486 e. The lowest BCUT2D eigenvalue weighted by Gasteiger charge is -2.11. The molecule has 4 nitrogen and oxygen atoms in total. The summed E-state index contributed by atoms with van der Waals surface area (Å²) in [4.78, 5) is 4.75. The molecule has 0 aliphatic heterocycles. The standard InChI is InChI=1S/C21H19N3O/c22-17-12-10-16(11-13-17)14-24-20-9-5-4-8-19(20)23-21(24)15-25-18-6-2-1-3-7-18/h1-13H,14-15,22H2. The average Bonchev–Trinajstić information content (AvgIpc) is 3.00. The SMILES string of the molecule is Nc1ccc(Cn2c(COc3ccccc3)nc3ccccc32)cc1. The molecule has 4 aromatic rings. The van der Waals surface area contributed by atoms with Gasteiger partial charge in [-0.25, -0.2) is 4.98 Å². The van der Waals surface area contributed by atoms with E-state index in [1.807, 2.05) is 72.8 Å². The molecule has 124 valence electrons. The maximum Gasteiger partial charge on any atom is 0.148 e. The van der Waals surface area contributed by atoms with Gasteiger partial charge in [0.05, 0.1) is 11.0 Å². The Morgan fingerprint density at radius 2 is 1.56 bits per heavy atom. The fourth-order valence-electron chi connectivity index (χ4n) is 2.88. The minimum atomic E-state index is 0.424. The Bertz CT molecular complexity index is 975. The van der Waals surface area contributed by atoms with Crippen LogP contribution in [0, 0.1) is 0 Å². The number of rotatable bonds is 5. The van der Waals surface area contributed by atoms with Crippen LogP contribution in [0.15, 0.2) is 78.9 Å². The second kappa shape index (κ2) is 6.69. The summed E-state index contributed by atoms with van der Waals surface area (Å²) in [7, 11) is 0. The van der Waals surface area contributed by atoms with E-state index in [1.54, 1.807) is 0 Å². The zero-order valence-electron chi connectivity index (χ0n) is 13.8. The van der Waals surface area contributed by atoms with E-state index in [1.165, 1.54) is 5.56 Å². The molecule has 1 heterocycles. The summed E-state index contributed by atoms with van der Waals surface area (Å²) in [6, 6.07) is 25.9. The molecule has 4 rings (SSSR count). The van der Waals surface area contributed by atoms with Crippen LogP contribution in [-0.2, 0) is 13.2 Å². The van der Waals surface area contributed by atoms with Gasteiger partial charge in [0, 0.05) is 12.2 Å². The first-order valence-corrected chi connectivity index (χ1v) is 8.26. The third kappa shape index (κ3) is 3.33. The van der Waals surface area contributed by atoms with Crippen LogP contribution in [-0.4, -0.2) is 9.55 Å². The molecule has 2 N–H and O–H groups in total. The number of nitrogens with two attached hydrogens (primary N) is 1. The van der Waals surface area contributed by atoms with Crippen molar-refractivity contribution in [2.45, 2.75) is 13.2 Å². The first-order valence-electron chi connectivity index (χ1n) is 8.26. The molecule has 0 saturated carbocycles. The van der Waals surface area contributed by atoms with E-state index in [0.717, 1.165) is 34.8 Å². The Morgan fingerprint density at radius 3 is 2.36 bits per heavy atom. The molecule has 0 spiro atoms. The molecule has 0 atom stereocenters. The zero-order chi connectivity index (χ0) is 17.1. The summed E-state index contributed by atoms with van der Waals surface area (Å²) in [5.41, 5.74) is 9.82. The van der Waals surface area contributed by atoms with Crippen molar-refractivity contribution in [3.05, 3.63) is 90.3 Å². The number of para-hydroxylation sites is 3. The Balaban J connectivity index is 1.66. The molecule has 3 aromatic carbocycles. The van der Waals surface area contributed by atoms with Crippen molar-refractivity contribution in [3.8, 4) is 5.75 Å². The number of anilines is 1. The Morgan fingerprint density at radius 1 is 0.840 bits per heavy atom. The molecule has 0 fully saturated rings. The van der Waals surface area contributed by atoms with Crippen LogP contribution in [0.3, 0.4) is 0 Å². The Labute approximate surface area is 146 Å². The van der Waals surface area contributed by atoms with Gasteiger partial charge in [0.25, 0.3) is 0 Å². The van der Waals surface area contributed by atoms with Crippen LogP contribution in [0.1, 0.15) is 11.4 Å². The number of hydrogen-bond donors (Lipinski definition) is 1. The van der Waals surface area contributed by atoms with Gasteiger partial charge in [0.15, 0.2) is 0 Å². The number of imidazole rings is 1. The van der Waals surface area contributed by atoms with Crippen molar-refractivity contribution in [2.24, 2.45) is 0 Å². The van der Waals surface area contributed by atoms with Gasteiger partial charge in [0.2, 0.25) is 0 Å². The number of nitrogens with zero attached hydrogens (tertiary/aromatic N) is 2. The lowest BCUT2D eigenvalue weighted by atomic mass is 10.2. The topological polar surface area (TPSA) is 53.1 Å². The minimum absolute atomic E-state index is 0.424. The van der Waals surface area contributed by atoms with E-state index in [4.69, 9.17) is 15.5 Å². The van der Waals surface area contributed by atoms with Gasteiger partial charge < -0.3 is 15.0 Å². The van der Waals surface area contributed by atoms with Crippen LogP contribution in [0.5, 0.6) is 5.75 Å². The Kier molecular flexibility index (Phi) is 4.09. The van der Waals surface area contributed by atoms with Gasteiger partial charge >= 0.3 is 0 Å². The predicted octanol–water partition coefficient (Wildman–Crippen LogP) is 4.25. The fraction of sp³-hybridized carbons (Fsp3) is 0.0952. The predicted molar refractivity (Wildman–Crippen MR) is 100 cm³/mol. The van der Waals surface area contributed by atoms with Crippen molar-refractivity contribution in [3.63, 3.8) is 0 Å². The summed E-state index contributed by atoms with van der Waals surface area (Å²) in [6.45, 7) is 1.15. The van der Waals surface area contributed by atoms with Crippen molar-refractivity contribution < 1.29 is 4.74 Å². The molecule has 0 aliphatic carbocycles. The van der Waals surface area contributed by atoms with Crippen molar-refractivity contribution in [1.29, 1.82) is 0 Å². The van der Waals surface area contributed by atoms with E-state index in [2.05, 4.69) is 10.6 Å². The maximum absolute atomic E-state index is 5.92. The monoisotopic (exact) mass is 329 g/mol. The van der Waals surface area contributed by atoms with E-state index in [9.17, 15) is 0 Å². The zero-order valence-corrected chi connectivity index (χ0v) is 13.8. The van der Waals surface area contributed by atoms with Gasteiger partial charge in [-0.1, -0.05) is 42.5 Å². The van der Waals surface area contributed by atoms with E-state index in [-0.39, 0.29) is 0 Å². The molecule has 0 aliphatic rings. The highest BCUT2D eigenvalue weighted by atomic mass is 16.5. The first kappa shape index (κ1) is 15.3. The maximum atomic E-state index is 5.92. The molecule has 1 aromatic heterocycles. The fourth-order valence-corrected chi connectivity index (χ4v) is 2.88. The highest BCUT2D eigenvalue weighted by molar-refractivity contribution is 5.76. The summed E-state index contributed by atoms with van der Waals surface area (Å²) in [6.07, 6.45) is 0. The molecule has 0 bridgehead atoms. The highest BCUT2D eigenvalue weighted by Crippen LogP contribution is 2.20. The van der Waals surface area contributed by atoms with E-state index in [0.29, 0.717) is 6.61 Å². The quantitative estimate of drug-likeness (QED) is 0.557. The molecular weight excluding hydrogens is 310 g/mol. The molecule has 25 heavy (non-hydrogen) atoms. The largest absolute Gasteiger partial charge is 0.486 e. The van der Waals surface area contributed by atoms with Crippen molar-refractivity contribution in [1.82, 2.24) is 9.55 Å². The third-order valence-electron chi connectivity index (χ3n) is 4.17. The second-order valence-electron chi connectivity index (χ2n) is 5.95. The van der Waals surface area contributed by atoms with Gasteiger partial charge in [-0.2, -0.15) is 0 Å². The number of aromatic nitrogens is 2. The van der Waals surface area contributed by atoms with Gasteiger partial charge in [-0.05, 0) is 42.0 Å². The van der Waals surface area contributed by atoms with Crippen molar-refractivity contribution >= 4 is 16.7 Å². The van der Waals surface area contributed by atoms with Crippen LogP contribution in [0.25, 0.3) is 11.0 Å². The summed E-state index contributed by atoms with van der Waals surface area (Å²) < 4.78 is 8.11. The van der Waals surface area contributed by atoms with E-state index < -0.39 is 0 Å². The van der Waals surface area contributed by atoms with E-state index >= 15 is 0 Å². The second-order valence-corrected chi connectivity index (χ2v) is 5.95. The number of nitrogen functional groups attached to an aromatic ring is 1. The number of ether oxygens (including phenoxy) is 1. The summed E-state index contributed by atoms with van der Waals surface area (Å²) in [5, 5.41) is 0. The van der Waals surface area contributed by atoms with Gasteiger partial charge in [-0.15, -0.1) is 0 Å². The lowest BCUT2D eigenvalue weighted by Crippen LogP contribution is -2.08. The van der Waals surface area contributed by atoms with Crippen LogP contribution >= 0.6 is 0 Å². The molecule has 0 saturated heterocycles. The third-order valence-corrected chi connectivity index (χ3v) is 4.17. The molecule has 0 radical (unpaired) electrons. The Hall–Kier alpha value is -3.27. The number of fused-ring (bicyclic) bond motifs is 1. The van der Waals surface area contributed by atoms with Crippen LogP contribution in [0.2, 0.25) is 0 Å². The molecule has 4 heteroatoms. The molecular formula is C21H19N3O. The summed E-state index contributed by atoms with van der Waals surface area (Å²) >= 11 is 0. The van der Waals surface area contributed by atoms with Crippen molar-refractivity contribution in [2.75, 3.05) is 5.73 Å². The molecule has 0 unspecified atom stereocenters. The molecule has 0 amide bonds. The van der Waals surface area contributed by atoms with Crippen LogP contribution < -0.4 is 10.5 Å². The van der Waals surface area contributed by atoms with Crippen LogP contribution in [0.4, 0.5) is 5.69 Å². The number of benzene rings is 3. The van der Waals surface area contributed by atoms with Gasteiger partial charge in [-0.3, -0.25) is 0 Å². The lowest BCUT2D eigenvalue weighted by molar-refractivity contribution is 0.291. The highest BCUT2D eigenvalue weighted by Gasteiger charge is 2.11. The van der Waals surface area contributed by atoms with Gasteiger partial charge in [0.1, 0.15) is 18.2 Å². The summed E-state index contributed by atoms with van der Waals surface area (Å²) in [5.74, 6) is 1.75. The average molecular weight is 329 g/mol. The normalized spacial score (nSPS) is 10.9.